The van der Waals surface area contributed by atoms with E-state index in [9.17, 15) is 9.59 Å². The van der Waals surface area contributed by atoms with Gasteiger partial charge in [0.05, 0.1) is 0 Å². The molecule has 0 unspecified atom stereocenters. The molecule has 1 heterocycles. The van der Waals surface area contributed by atoms with Gasteiger partial charge in [0, 0.05) is 26.1 Å². The Kier molecular flexibility index (Phi) is 7.06. The molecular weight excluding hydrogens is 204 g/mol. The van der Waals surface area contributed by atoms with Crippen LogP contribution in [0.1, 0.15) is 57.8 Å². The Labute approximate surface area is 97.5 Å². The average Bonchev–Trinajstić information content (AvgIpc) is 2.67. The van der Waals surface area contributed by atoms with Crippen LogP contribution >= 0.6 is 0 Å². The Morgan fingerprint density at radius 1 is 0.625 bits per heavy atom. The van der Waals surface area contributed by atoms with E-state index >= 15 is 0 Å². The lowest BCUT2D eigenvalue weighted by Gasteiger charge is -1.91. The van der Waals surface area contributed by atoms with Gasteiger partial charge in [0.2, 0.25) is 0 Å². The highest BCUT2D eigenvalue weighted by atomic mass is 16.5. The van der Waals surface area contributed by atoms with Crippen LogP contribution in [0.5, 0.6) is 0 Å². The first-order chi connectivity index (χ1) is 7.80. The summed E-state index contributed by atoms with van der Waals surface area (Å²) in [7, 11) is 0. The molecule has 3 nitrogen and oxygen atoms in total. The molecule has 0 aromatic rings. The van der Waals surface area contributed by atoms with Gasteiger partial charge in [0.1, 0.15) is 0 Å². The van der Waals surface area contributed by atoms with Gasteiger partial charge in [-0.1, -0.05) is 19.3 Å². The second kappa shape index (κ2) is 8.45. The lowest BCUT2D eigenvalue weighted by atomic mass is 10.2. The van der Waals surface area contributed by atoms with E-state index in [0.29, 0.717) is 12.8 Å². The van der Waals surface area contributed by atoms with E-state index in [4.69, 9.17) is 4.74 Å². The van der Waals surface area contributed by atoms with Crippen molar-refractivity contribution in [1.29, 1.82) is 0 Å². The largest absolute Gasteiger partial charge is 0.381 e. The fourth-order valence-electron chi connectivity index (χ4n) is 1.89. The zero-order valence-corrected chi connectivity index (χ0v) is 10.0. The van der Waals surface area contributed by atoms with Crippen molar-refractivity contribution >= 4 is 11.6 Å². The molecule has 1 saturated carbocycles. The highest BCUT2D eigenvalue weighted by Gasteiger charge is 2.15. The standard InChI is InChI=1S/C7H10O2.C6H12O/c8-6-4-2-1-3-5-7(6)9;1-2-4-6-7-5-3-1/h1-5H2;1-6H2. The van der Waals surface area contributed by atoms with Crippen molar-refractivity contribution < 1.29 is 14.3 Å². The van der Waals surface area contributed by atoms with E-state index in [2.05, 4.69) is 0 Å². The number of Topliss-reactive ketones (excluding diaryl/α,β-unsaturated/α-hetero) is 2. The maximum absolute atomic E-state index is 10.7. The maximum atomic E-state index is 10.7. The summed E-state index contributed by atoms with van der Waals surface area (Å²) in [5, 5.41) is 0. The fraction of sp³-hybridized carbons (Fsp3) is 0.846. The van der Waals surface area contributed by atoms with Gasteiger partial charge in [0.15, 0.2) is 11.6 Å². The molecule has 1 aliphatic carbocycles. The summed E-state index contributed by atoms with van der Waals surface area (Å²) < 4.78 is 5.19. The van der Waals surface area contributed by atoms with Gasteiger partial charge in [-0.05, 0) is 25.7 Å². The molecular formula is C13H22O3. The molecule has 0 spiro atoms. The summed E-state index contributed by atoms with van der Waals surface area (Å²) in [5.74, 6) is -0.319. The van der Waals surface area contributed by atoms with Crippen molar-refractivity contribution in [3.8, 4) is 0 Å². The molecule has 0 amide bonds. The number of carbonyl (C=O) groups is 2. The molecule has 2 fully saturated rings. The summed E-state index contributed by atoms with van der Waals surface area (Å²) in [6, 6.07) is 0. The fourth-order valence-corrected chi connectivity index (χ4v) is 1.89. The van der Waals surface area contributed by atoms with E-state index in [1.165, 1.54) is 25.7 Å². The third kappa shape index (κ3) is 6.01. The number of ketones is 2. The zero-order valence-electron chi connectivity index (χ0n) is 10.0. The van der Waals surface area contributed by atoms with Crippen LogP contribution in [0, 0.1) is 0 Å². The van der Waals surface area contributed by atoms with E-state index in [1.807, 2.05) is 0 Å². The molecule has 0 aromatic heterocycles. The van der Waals surface area contributed by atoms with Crippen LogP contribution in [0.3, 0.4) is 0 Å². The van der Waals surface area contributed by atoms with Crippen molar-refractivity contribution in [2.75, 3.05) is 13.2 Å². The lowest BCUT2D eigenvalue weighted by Crippen LogP contribution is -2.09. The van der Waals surface area contributed by atoms with E-state index < -0.39 is 0 Å². The quantitative estimate of drug-likeness (QED) is 0.471. The van der Waals surface area contributed by atoms with Gasteiger partial charge in [-0.25, -0.2) is 0 Å². The molecule has 92 valence electrons. The highest BCUT2D eigenvalue weighted by Crippen LogP contribution is 2.10. The van der Waals surface area contributed by atoms with Gasteiger partial charge in [-0.15, -0.1) is 0 Å². The summed E-state index contributed by atoms with van der Waals surface area (Å²) >= 11 is 0. The summed E-state index contributed by atoms with van der Waals surface area (Å²) in [6.45, 7) is 2.00. The predicted molar refractivity (Wildman–Crippen MR) is 62.4 cm³/mol. The number of ether oxygens (including phenoxy) is 1. The lowest BCUT2D eigenvalue weighted by molar-refractivity contribution is -0.136. The van der Waals surface area contributed by atoms with E-state index in [1.54, 1.807) is 0 Å². The van der Waals surface area contributed by atoms with E-state index in [-0.39, 0.29) is 11.6 Å². The second-order valence-electron chi connectivity index (χ2n) is 4.43. The molecule has 1 aliphatic heterocycles. The van der Waals surface area contributed by atoms with Gasteiger partial charge in [-0.3, -0.25) is 9.59 Å². The molecule has 2 aliphatic rings. The average molecular weight is 226 g/mol. The van der Waals surface area contributed by atoms with Crippen molar-refractivity contribution in [3.05, 3.63) is 0 Å². The SMILES string of the molecule is C1CCCOCC1.O=C1CCCCCC1=O. The van der Waals surface area contributed by atoms with Gasteiger partial charge >= 0.3 is 0 Å². The monoisotopic (exact) mass is 226 g/mol. The number of hydrogen-bond acceptors (Lipinski definition) is 3. The number of hydrogen-bond donors (Lipinski definition) is 0. The topological polar surface area (TPSA) is 43.4 Å². The van der Waals surface area contributed by atoms with Crippen LogP contribution in [0.25, 0.3) is 0 Å². The van der Waals surface area contributed by atoms with Crippen molar-refractivity contribution in [2.24, 2.45) is 0 Å². The first-order valence-electron chi connectivity index (χ1n) is 6.44. The van der Waals surface area contributed by atoms with Gasteiger partial charge in [0.25, 0.3) is 0 Å². The first kappa shape index (κ1) is 13.4. The van der Waals surface area contributed by atoms with Gasteiger partial charge in [-0.2, -0.15) is 0 Å². The third-order valence-electron chi connectivity index (χ3n) is 2.95. The summed E-state index contributed by atoms with van der Waals surface area (Å²) in [6.07, 6.45) is 9.13. The minimum atomic E-state index is -0.160. The van der Waals surface area contributed by atoms with Crippen LogP contribution in [0.2, 0.25) is 0 Å². The predicted octanol–water partition coefficient (Wildman–Crippen LogP) is 2.67. The van der Waals surface area contributed by atoms with Crippen molar-refractivity contribution in [3.63, 3.8) is 0 Å². The van der Waals surface area contributed by atoms with Crippen LogP contribution in [0.4, 0.5) is 0 Å². The first-order valence-corrected chi connectivity index (χ1v) is 6.44. The van der Waals surface area contributed by atoms with Crippen LogP contribution in [0.15, 0.2) is 0 Å². The summed E-state index contributed by atoms with van der Waals surface area (Å²) in [4.78, 5) is 21.3. The van der Waals surface area contributed by atoms with E-state index in [0.717, 1.165) is 32.5 Å². The Morgan fingerprint density at radius 2 is 1.06 bits per heavy atom. The Hall–Kier alpha value is -0.700. The normalized spacial score (nSPS) is 22.8. The molecule has 3 heteroatoms. The minimum absolute atomic E-state index is 0.160. The highest BCUT2D eigenvalue weighted by molar-refractivity contribution is 6.37. The Balaban J connectivity index is 0.000000165. The maximum Gasteiger partial charge on any atom is 0.198 e. The molecule has 1 saturated heterocycles. The third-order valence-corrected chi connectivity index (χ3v) is 2.95. The molecule has 2 rings (SSSR count). The molecule has 0 radical (unpaired) electrons. The number of rotatable bonds is 0. The molecule has 0 N–H and O–H groups in total. The summed E-state index contributed by atoms with van der Waals surface area (Å²) in [5.41, 5.74) is 0. The smallest absolute Gasteiger partial charge is 0.198 e. The Bertz CT molecular complexity index is 188. The van der Waals surface area contributed by atoms with Crippen molar-refractivity contribution in [2.45, 2.75) is 57.8 Å². The molecule has 0 bridgehead atoms. The molecule has 16 heavy (non-hydrogen) atoms. The Morgan fingerprint density at radius 3 is 1.56 bits per heavy atom. The van der Waals surface area contributed by atoms with Crippen LogP contribution in [-0.2, 0) is 14.3 Å². The minimum Gasteiger partial charge on any atom is -0.381 e. The second-order valence-corrected chi connectivity index (χ2v) is 4.43. The molecule has 0 atom stereocenters. The van der Waals surface area contributed by atoms with Crippen molar-refractivity contribution in [1.82, 2.24) is 0 Å². The van der Waals surface area contributed by atoms with Crippen LogP contribution < -0.4 is 0 Å². The van der Waals surface area contributed by atoms with Gasteiger partial charge < -0.3 is 4.74 Å². The molecule has 0 aromatic carbocycles. The zero-order chi connectivity index (χ0) is 11.6. The number of carbonyl (C=O) groups excluding carboxylic acids is 2. The van der Waals surface area contributed by atoms with Crippen LogP contribution in [-0.4, -0.2) is 24.8 Å².